The number of azo groups is 2. The van der Waals surface area contributed by atoms with Gasteiger partial charge < -0.3 is 19.6 Å². The minimum atomic E-state index is -4.87. The van der Waals surface area contributed by atoms with Crippen LogP contribution in [0.2, 0.25) is 0 Å². The van der Waals surface area contributed by atoms with Crippen molar-refractivity contribution in [3.05, 3.63) is 97.1 Å². The third kappa shape index (κ3) is 12.7. The second-order valence-electron chi connectivity index (χ2n) is 11.6. The van der Waals surface area contributed by atoms with E-state index in [9.17, 15) is 21.4 Å². The second kappa shape index (κ2) is 17.9. The molecule has 1 atom stereocenters. The van der Waals surface area contributed by atoms with Crippen LogP contribution in [0.3, 0.4) is 0 Å². The van der Waals surface area contributed by atoms with E-state index in [-0.39, 0.29) is 22.6 Å². The van der Waals surface area contributed by atoms with E-state index in [1.165, 1.54) is 48.5 Å². The van der Waals surface area contributed by atoms with E-state index in [2.05, 4.69) is 25.0 Å². The molecule has 4 rings (SSSR count). The lowest BCUT2D eigenvalue weighted by molar-refractivity contribution is 0.126. The largest absolute Gasteiger partial charge is 0.469 e. The van der Waals surface area contributed by atoms with Crippen molar-refractivity contribution in [2.45, 2.75) is 28.7 Å². The molecule has 1 unspecified atom stereocenters. The Balaban J connectivity index is 1.37. The molecule has 0 fully saturated rings. The zero-order chi connectivity index (χ0) is 37.9. The molecule has 0 heterocycles. The minimum Gasteiger partial charge on any atom is -0.378 e. The Bertz CT molecular complexity index is 2090. The third-order valence-electron chi connectivity index (χ3n) is 7.19. The van der Waals surface area contributed by atoms with Crippen LogP contribution in [0.25, 0.3) is 0 Å². The number of phosphoric acid groups is 1. The molecular formula is C33H39N6O10PS2. The van der Waals surface area contributed by atoms with Crippen molar-refractivity contribution >= 4 is 62.2 Å². The lowest BCUT2D eigenvalue weighted by atomic mass is 10.2. The van der Waals surface area contributed by atoms with E-state index in [1.54, 1.807) is 24.3 Å². The molecule has 0 saturated heterocycles. The Morgan fingerprint density at radius 3 is 1.29 bits per heavy atom. The number of hydrogen-bond acceptors (Lipinski definition) is 14. The summed E-state index contributed by atoms with van der Waals surface area (Å²) in [5, 5.41) is 16.5. The molecule has 4 aromatic carbocycles. The Morgan fingerprint density at radius 1 is 0.577 bits per heavy atom. The molecule has 4 aromatic rings. The maximum Gasteiger partial charge on any atom is 0.469 e. The first kappa shape index (κ1) is 40.4. The smallest absolute Gasteiger partial charge is 0.378 e. The summed E-state index contributed by atoms with van der Waals surface area (Å²) in [4.78, 5) is 21.6. The fourth-order valence-electron chi connectivity index (χ4n) is 4.36. The molecule has 0 radical (unpaired) electrons. The fraction of sp³-hybridized carbons (Fsp3) is 0.273. The molecule has 16 nitrogen and oxygen atoms in total. The van der Waals surface area contributed by atoms with Gasteiger partial charge in [0.25, 0.3) is 20.2 Å². The molecule has 0 aliphatic heterocycles. The van der Waals surface area contributed by atoms with Crippen LogP contribution in [-0.2, 0) is 37.7 Å². The topological polar surface area (TPSA) is 209 Å². The average Bonchev–Trinajstić information content (AvgIpc) is 3.09. The van der Waals surface area contributed by atoms with Gasteiger partial charge in [0.15, 0.2) is 0 Å². The average molecular weight is 775 g/mol. The molecule has 278 valence electrons. The summed E-state index contributed by atoms with van der Waals surface area (Å²) in [6, 6.07) is 25.5. The predicted molar refractivity (Wildman–Crippen MR) is 195 cm³/mol. The van der Waals surface area contributed by atoms with E-state index < -0.39 is 47.4 Å². The molecule has 0 amide bonds. The van der Waals surface area contributed by atoms with Gasteiger partial charge in [0, 0.05) is 39.6 Å². The SMILES string of the molecule is CN(C)c1ccc(N=Nc2ccc(S(=O)(=O)OCCC(CCOP(=O)(O)O)OS(=O)(=O)c3ccc(N=Nc4ccc(N(C)C)cc4)cc3)cc2)cc1. The quantitative estimate of drug-likeness (QED) is 0.0594. The van der Waals surface area contributed by atoms with Crippen molar-refractivity contribution in [3.63, 3.8) is 0 Å². The lowest BCUT2D eigenvalue weighted by Gasteiger charge is -2.18. The zero-order valence-corrected chi connectivity index (χ0v) is 31.3. The van der Waals surface area contributed by atoms with E-state index >= 15 is 0 Å². The van der Waals surface area contributed by atoms with Crippen LogP contribution in [0.1, 0.15) is 12.8 Å². The standard InChI is InChI=1S/C33H39N6O10PS2/c1-38(2)29-13-5-25(6-14-29)34-36-27-9-17-32(18-10-27)51(43,44)48-24-22-31(21-23-47-50(40,41)42)49-52(45,46)33-19-11-28(12-20-33)37-35-26-7-15-30(16-8-26)39(3)4/h5-20,31H,21-24H2,1-4H3,(H2,40,41,42). The number of nitrogens with zero attached hydrogens (tertiary/aromatic N) is 6. The van der Waals surface area contributed by atoms with E-state index in [0.717, 1.165) is 11.4 Å². The first-order valence-electron chi connectivity index (χ1n) is 15.6. The highest BCUT2D eigenvalue weighted by molar-refractivity contribution is 7.87. The normalized spacial score (nSPS) is 13.1. The molecule has 19 heteroatoms. The van der Waals surface area contributed by atoms with Crippen LogP contribution >= 0.6 is 7.82 Å². The first-order chi connectivity index (χ1) is 24.5. The molecule has 0 spiro atoms. The number of hydrogen-bond donors (Lipinski definition) is 2. The van der Waals surface area contributed by atoms with Gasteiger partial charge in [-0.05, 0) is 110 Å². The summed E-state index contributed by atoms with van der Waals surface area (Å²) in [6.07, 6.45) is -1.88. The number of benzene rings is 4. The first-order valence-corrected chi connectivity index (χ1v) is 20.0. The van der Waals surface area contributed by atoms with E-state index in [0.29, 0.717) is 22.7 Å². The Hall–Kier alpha value is -4.39. The summed E-state index contributed by atoms with van der Waals surface area (Å²) in [6.45, 7) is -1.10. The highest BCUT2D eigenvalue weighted by Crippen LogP contribution is 2.36. The predicted octanol–water partition coefficient (Wildman–Crippen LogP) is 7.02. The highest BCUT2D eigenvalue weighted by Gasteiger charge is 2.25. The number of anilines is 2. The van der Waals surface area contributed by atoms with Crippen molar-refractivity contribution in [2.24, 2.45) is 20.5 Å². The summed E-state index contributed by atoms with van der Waals surface area (Å²) < 4.78 is 78.1. The van der Waals surface area contributed by atoms with Gasteiger partial charge in [0.05, 0.1) is 51.9 Å². The van der Waals surface area contributed by atoms with Crippen molar-refractivity contribution < 1.29 is 44.1 Å². The van der Waals surface area contributed by atoms with Gasteiger partial charge >= 0.3 is 7.82 Å². The monoisotopic (exact) mass is 774 g/mol. The molecule has 0 aliphatic rings. The van der Waals surface area contributed by atoms with Crippen LogP contribution < -0.4 is 9.80 Å². The van der Waals surface area contributed by atoms with Crippen LogP contribution in [-0.4, -0.2) is 74.1 Å². The number of phosphoric ester groups is 1. The highest BCUT2D eigenvalue weighted by atomic mass is 32.2. The maximum absolute atomic E-state index is 13.1. The number of rotatable bonds is 18. The van der Waals surface area contributed by atoms with E-state index in [4.69, 9.17) is 18.2 Å². The van der Waals surface area contributed by atoms with Gasteiger partial charge in [-0.1, -0.05) is 0 Å². The van der Waals surface area contributed by atoms with Crippen molar-refractivity contribution in [3.8, 4) is 0 Å². The van der Waals surface area contributed by atoms with Crippen LogP contribution in [0.4, 0.5) is 34.1 Å². The molecular weight excluding hydrogens is 736 g/mol. The van der Waals surface area contributed by atoms with Crippen molar-refractivity contribution in [1.29, 1.82) is 0 Å². The van der Waals surface area contributed by atoms with E-state index in [1.807, 2.05) is 62.3 Å². The summed E-state index contributed by atoms with van der Waals surface area (Å²) in [5.74, 6) is 0. The lowest BCUT2D eigenvalue weighted by Crippen LogP contribution is -2.23. The van der Waals surface area contributed by atoms with Gasteiger partial charge in [-0.15, -0.1) is 0 Å². The van der Waals surface area contributed by atoms with Crippen LogP contribution in [0.15, 0.2) is 127 Å². The third-order valence-corrected chi connectivity index (χ3v) is 10.4. The summed E-state index contributed by atoms with van der Waals surface area (Å²) in [5.41, 5.74) is 3.95. The maximum atomic E-state index is 13.1. The molecule has 0 aliphatic carbocycles. The Morgan fingerprint density at radius 2 is 0.923 bits per heavy atom. The van der Waals surface area contributed by atoms with Gasteiger partial charge in [0.2, 0.25) is 0 Å². The molecule has 0 saturated carbocycles. The Labute approximate surface area is 302 Å². The van der Waals surface area contributed by atoms with Gasteiger partial charge in [-0.3, -0.25) is 12.9 Å². The van der Waals surface area contributed by atoms with Crippen molar-refractivity contribution in [2.75, 3.05) is 51.2 Å². The Kier molecular flexibility index (Phi) is 13.9. The second-order valence-corrected chi connectivity index (χ2v) is 16.0. The van der Waals surface area contributed by atoms with Gasteiger partial charge in [0.1, 0.15) is 0 Å². The van der Waals surface area contributed by atoms with Crippen molar-refractivity contribution in [1.82, 2.24) is 0 Å². The molecule has 0 aromatic heterocycles. The summed E-state index contributed by atoms with van der Waals surface area (Å²) >= 11 is 0. The van der Waals surface area contributed by atoms with Crippen LogP contribution in [0.5, 0.6) is 0 Å². The molecule has 2 N–H and O–H groups in total. The van der Waals surface area contributed by atoms with Gasteiger partial charge in [-0.25, -0.2) is 4.57 Å². The molecule has 0 bridgehead atoms. The molecule has 52 heavy (non-hydrogen) atoms. The van der Waals surface area contributed by atoms with Crippen LogP contribution in [0, 0.1) is 0 Å². The summed E-state index contributed by atoms with van der Waals surface area (Å²) in [7, 11) is -5.92. The zero-order valence-electron chi connectivity index (χ0n) is 28.8. The van der Waals surface area contributed by atoms with Gasteiger partial charge in [-0.2, -0.15) is 37.3 Å². The minimum absolute atomic E-state index is 0.181. The fourth-order valence-corrected chi connectivity index (χ4v) is 6.76.